The van der Waals surface area contributed by atoms with Crippen LogP contribution in [0.15, 0.2) is 60.8 Å². The van der Waals surface area contributed by atoms with Crippen molar-refractivity contribution in [1.29, 1.82) is 0 Å². The monoisotopic (exact) mass is 372 g/mol. The standard InChI is InChI=1S/C19H18NO2.BrH/c1-14-11-12-20(18-6-4-3-5-17(14)18)13-19(21)15-7-9-16(22-2)10-8-15;/h3-12H,13H2,1-2H3;1H/q+1;. The van der Waals surface area contributed by atoms with Crippen LogP contribution in [0, 0.1) is 6.92 Å². The molecular formula is C19H19BrNO2+. The molecule has 0 aliphatic heterocycles. The Balaban J connectivity index is 0.00000192. The summed E-state index contributed by atoms with van der Waals surface area (Å²) in [6.07, 6.45) is 1.97. The molecule has 0 N–H and O–H groups in total. The second-order valence-electron chi connectivity index (χ2n) is 5.30. The number of pyridine rings is 1. The zero-order valence-corrected chi connectivity index (χ0v) is 14.9. The van der Waals surface area contributed by atoms with Gasteiger partial charge in [0.05, 0.1) is 7.11 Å². The molecule has 0 spiro atoms. The number of methoxy groups -OCH3 is 1. The van der Waals surface area contributed by atoms with Crippen molar-refractivity contribution in [3.63, 3.8) is 0 Å². The average molecular weight is 373 g/mol. The van der Waals surface area contributed by atoms with E-state index >= 15 is 0 Å². The van der Waals surface area contributed by atoms with Gasteiger partial charge in [-0.2, -0.15) is 4.57 Å². The van der Waals surface area contributed by atoms with Gasteiger partial charge in [0.15, 0.2) is 6.20 Å². The molecule has 118 valence electrons. The van der Waals surface area contributed by atoms with E-state index in [1.807, 2.05) is 47.2 Å². The highest BCUT2D eigenvalue weighted by atomic mass is 79.9. The van der Waals surface area contributed by atoms with Crippen LogP contribution in [0.3, 0.4) is 0 Å². The van der Waals surface area contributed by atoms with Crippen LogP contribution in [-0.2, 0) is 6.54 Å². The summed E-state index contributed by atoms with van der Waals surface area (Å²) >= 11 is 0. The van der Waals surface area contributed by atoms with Gasteiger partial charge in [-0.05, 0) is 42.8 Å². The Morgan fingerprint density at radius 2 is 1.74 bits per heavy atom. The quantitative estimate of drug-likeness (QED) is 0.513. The van der Waals surface area contributed by atoms with E-state index in [4.69, 9.17) is 4.74 Å². The second-order valence-corrected chi connectivity index (χ2v) is 5.30. The maximum atomic E-state index is 12.5. The number of para-hydroxylation sites is 1. The molecule has 0 bridgehead atoms. The Morgan fingerprint density at radius 1 is 1.04 bits per heavy atom. The third kappa shape index (κ3) is 3.59. The van der Waals surface area contributed by atoms with E-state index in [1.54, 1.807) is 19.2 Å². The third-order valence-corrected chi connectivity index (χ3v) is 3.87. The minimum Gasteiger partial charge on any atom is -0.497 e. The van der Waals surface area contributed by atoms with Crippen molar-refractivity contribution in [2.75, 3.05) is 7.11 Å². The molecule has 0 unspecified atom stereocenters. The van der Waals surface area contributed by atoms with Gasteiger partial charge in [0, 0.05) is 23.1 Å². The summed E-state index contributed by atoms with van der Waals surface area (Å²) in [5, 5.41) is 1.17. The van der Waals surface area contributed by atoms with Gasteiger partial charge in [-0.3, -0.25) is 4.79 Å². The van der Waals surface area contributed by atoms with E-state index in [2.05, 4.69) is 13.0 Å². The van der Waals surface area contributed by atoms with Crippen molar-refractivity contribution in [1.82, 2.24) is 0 Å². The predicted octanol–water partition coefficient (Wildman–Crippen LogP) is 3.91. The van der Waals surface area contributed by atoms with Crippen LogP contribution in [0.2, 0.25) is 0 Å². The number of ketones is 1. The summed E-state index contributed by atoms with van der Waals surface area (Å²) in [7, 11) is 1.62. The van der Waals surface area contributed by atoms with E-state index in [1.165, 1.54) is 10.9 Å². The van der Waals surface area contributed by atoms with Gasteiger partial charge in [0.2, 0.25) is 17.8 Å². The number of hydrogen-bond donors (Lipinski definition) is 0. The van der Waals surface area contributed by atoms with Crippen molar-refractivity contribution in [2.24, 2.45) is 0 Å². The largest absolute Gasteiger partial charge is 0.497 e. The van der Waals surface area contributed by atoms with Gasteiger partial charge < -0.3 is 4.74 Å². The SMILES string of the molecule is Br.COc1ccc(C(=O)C[n+]2ccc(C)c3ccccc32)cc1. The predicted molar refractivity (Wildman–Crippen MR) is 96.5 cm³/mol. The molecule has 0 atom stereocenters. The molecule has 3 rings (SSSR count). The van der Waals surface area contributed by atoms with Gasteiger partial charge >= 0.3 is 0 Å². The highest BCUT2D eigenvalue weighted by Crippen LogP contribution is 2.15. The molecule has 0 saturated heterocycles. The number of halogens is 1. The maximum Gasteiger partial charge on any atom is 0.227 e. The molecule has 0 fully saturated rings. The molecule has 0 amide bonds. The number of fused-ring (bicyclic) bond motifs is 1. The highest BCUT2D eigenvalue weighted by Gasteiger charge is 2.16. The zero-order valence-electron chi connectivity index (χ0n) is 13.2. The molecule has 1 aromatic heterocycles. The minimum atomic E-state index is 0. The van der Waals surface area contributed by atoms with Gasteiger partial charge in [0.1, 0.15) is 5.75 Å². The van der Waals surface area contributed by atoms with Crippen molar-refractivity contribution in [3.05, 3.63) is 71.9 Å². The summed E-state index contributed by atoms with van der Waals surface area (Å²) in [5.74, 6) is 0.839. The Hall–Kier alpha value is -2.20. The molecule has 0 saturated carbocycles. The third-order valence-electron chi connectivity index (χ3n) is 3.87. The fourth-order valence-corrected chi connectivity index (χ4v) is 2.59. The number of carbonyl (C=O) groups is 1. The highest BCUT2D eigenvalue weighted by molar-refractivity contribution is 8.93. The number of aryl methyl sites for hydroxylation is 1. The van der Waals surface area contributed by atoms with Crippen LogP contribution < -0.4 is 9.30 Å². The van der Waals surface area contributed by atoms with E-state index < -0.39 is 0 Å². The lowest BCUT2D eigenvalue weighted by Gasteiger charge is -2.04. The lowest BCUT2D eigenvalue weighted by atomic mass is 10.1. The van der Waals surface area contributed by atoms with Crippen LogP contribution in [0.5, 0.6) is 5.75 Å². The molecule has 0 aliphatic carbocycles. The number of ether oxygens (including phenoxy) is 1. The number of aromatic nitrogens is 1. The molecule has 0 radical (unpaired) electrons. The van der Waals surface area contributed by atoms with Crippen molar-refractivity contribution < 1.29 is 14.1 Å². The van der Waals surface area contributed by atoms with E-state index in [-0.39, 0.29) is 22.8 Å². The van der Waals surface area contributed by atoms with Gasteiger partial charge in [-0.1, -0.05) is 12.1 Å². The normalized spacial score (nSPS) is 10.2. The number of hydrogen-bond acceptors (Lipinski definition) is 2. The Kier molecular flexibility index (Phi) is 5.50. The topological polar surface area (TPSA) is 30.2 Å². The first kappa shape index (κ1) is 17.2. The fourth-order valence-electron chi connectivity index (χ4n) is 2.59. The van der Waals surface area contributed by atoms with Gasteiger partial charge in [0.25, 0.3) is 0 Å². The maximum absolute atomic E-state index is 12.5. The molecule has 2 aromatic carbocycles. The molecule has 3 nitrogen and oxygen atoms in total. The minimum absolute atomic E-state index is 0. The van der Waals surface area contributed by atoms with Crippen LogP contribution >= 0.6 is 17.0 Å². The average Bonchev–Trinajstić information content (AvgIpc) is 2.57. The summed E-state index contributed by atoms with van der Waals surface area (Å²) in [5.41, 5.74) is 2.98. The van der Waals surface area contributed by atoms with Gasteiger partial charge in [-0.15, -0.1) is 17.0 Å². The van der Waals surface area contributed by atoms with E-state index in [9.17, 15) is 4.79 Å². The molecular weight excluding hydrogens is 354 g/mol. The number of Topliss-reactive ketones (excluding diaryl/α,β-unsaturated/α-hetero) is 1. The van der Waals surface area contributed by atoms with Crippen LogP contribution in [-0.4, -0.2) is 12.9 Å². The summed E-state index contributed by atoms with van der Waals surface area (Å²) in [6.45, 7) is 2.41. The van der Waals surface area contributed by atoms with Crippen molar-refractivity contribution >= 4 is 33.7 Å². The number of benzene rings is 2. The first-order valence-electron chi connectivity index (χ1n) is 7.24. The Labute approximate surface area is 146 Å². The summed E-state index contributed by atoms with van der Waals surface area (Å²) < 4.78 is 7.12. The van der Waals surface area contributed by atoms with Crippen LogP contribution in [0.1, 0.15) is 15.9 Å². The first-order chi connectivity index (χ1) is 10.7. The molecule has 1 heterocycles. The van der Waals surface area contributed by atoms with Crippen LogP contribution in [0.4, 0.5) is 0 Å². The lowest BCUT2D eigenvalue weighted by Crippen LogP contribution is -2.38. The Morgan fingerprint density at radius 3 is 2.43 bits per heavy atom. The summed E-state index contributed by atoms with van der Waals surface area (Å²) in [6, 6.07) is 17.4. The summed E-state index contributed by atoms with van der Waals surface area (Å²) in [4.78, 5) is 12.5. The van der Waals surface area contributed by atoms with E-state index in [0.717, 1.165) is 11.3 Å². The molecule has 3 aromatic rings. The lowest BCUT2D eigenvalue weighted by molar-refractivity contribution is -0.657. The zero-order chi connectivity index (χ0) is 15.5. The van der Waals surface area contributed by atoms with E-state index in [0.29, 0.717) is 12.1 Å². The molecule has 4 heteroatoms. The van der Waals surface area contributed by atoms with Gasteiger partial charge in [-0.25, -0.2) is 0 Å². The van der Waals surface area contributed by atoms with Crippen LogP contribution in [0.25, 0.3) is 10.9 Å². The first-order valence-corrected chi connectivity index (χ1v) is 7.24. The number of carbonyl (C=O) groups excluding carboxylic acids is 1. The molecule has 0 aliphatic rings. The number of nitrogens with zero attached hydrogens (tertiary/aromatic N) is 1. The van der Waals surface area contributed by atoms with Crippen molar-refractivity contribution in [3.8, 4) is 5.75 Å². The smallest absolute Gasteiger partial charge is 0.227 e. The fraction of sp³-hybridized carbons (Fsp3) is 0.158. The Bertz CT molecular complexity index is 828. The van der Waals surface area contributed by atoms with Crippen molar-refractivity contribution in [2.45, 2.75) is 13.5 Å². The number of rotatable bonds is 4. The molecule has 23 heavy (non-hydrogen) atoms. The second kappa shape index (κ2) is 7.38.